The molecule has 82 valence electrons. The largest absolute Gasteiger partial charge is 0.377 e. The summed E-state index contributed by atoms with van der Waals surface area (Å²) in [5.74, 6) is -0.221. The van der Waals surface area contributed by atoms with E-state index in [-0.39, 0.29) is 12.3 Å². The second-order valence-electron chi connectivity index (χ2n) is 2.55. The van der Waals surface area contributed by atoms with Crippen LogP contribution in [0.1, 0.15) is 16.2 Å². The van der Waals surface area contributed by atoms with Crippen LogP contribution in [-0.2, 0) is 11.3 Å². The first-order valence-electron chi connectivity index (χ1n) is 3.94. The van der Waals surface area contributed by atoms with Crippen LogP contribution in [0.15, 0.2) is 10.6 Å². The van der Waals surface area contributed by atoms with Gasteiger partial charge in [-0.3, -0.25) is 10.2 Å². The van der Waals surface area contributed by atoms with Crippen molar-refractivity contribution >= 4 is 11.9 Å². The summed E-state index contributed by atoms with van der Waals surface area (Å²) in [5, 5.41) is 3.45. The minimum Gasteiger partial charge on any atom is -0.377 e. The lowest BCUT2D eigenvalue weighted by Crippen LogP contribution is -2.44. The lowest BCUT2D eigenvalue weighted by molar-refractivity contribution is 0.0927. The molecule has 1 rings (SSSR count). The SMILES string of the molecule is COCc1cc(C(=O)NNC(N)=O)no1. The Kier molecular flexibility index (Phi) is 3.63. The van der Waals surface area contributed by atoms with Crippen LogP contribution >= 0.6 is 0 Å². The van der Waals surface area contributed by atoms with Gasteiger partial charge in [0.15, 0.2) is 11.5 Å². The van der Waals surface area contributed by atoms with Gasteiger partial charge in [0, 0.05) is 13.2 Å². The molecule has 0 bridgehead atoms. The monoisotopic (exact) mass is 214 g/mol. The maximum Gasteiger partial charge on any atom is 0.330 e. The zero-order valence-corrected chi connectivity index (χ0v) is 7.94. The number of ether oxygens (including phenoxy) is 1. The first kappa shape index (κ1) is 11.0. The predicted octanol–water partition coefficient (Wildman–Crippen LogP) is -0.866. The van der Waals surface area contributed by atoms with Crippen LogP contribution in [0.5, 0.6) is 0 Å². The van der Waals surface area contributed by atoms with E-state index in [1.165, 1.54) is 13.2 Å². The van der Waals surface area contributed by atoms with Gasteiger partial charge in [0.05, 0.1) is 0 Å². The van der Waals surface area contributed by atoms with Gasteiger partial charge in [-0.05, 0) is 0 Å². The molecular formula is C7H10N4O4. The van der Waals surface area contributed by atoms with Crippen LogP contribution in [-0.4, -0.2) is 24.2 Å². The highest BCUT2D eigenvalue weighted by atomic mass is 16.5. The van der Waals surface area contributed by atoms with Gasteiger partial charge in [-0.1, -0.05) is 5.16 Å². The lowest BCUT2D eigenvalue weighted by Gasteiger charge is -2.00. The molecule has 0 unspecified atom stereocenters. The summed E-state index contributed by atoms with van der Waals surface area (Å²) >= 11 is 0. The molecule has 1 heterocycles. The van der Waals surface area contributed by atoms with Crippen molar-refractivity contribution in [1.82, 2.24) is 16.0 Å². The molecule has 0 atom stereocenters. The quantitative estimate of drug-likeness (QED) is 0.565. The van der Waals surface area contributed by atoms with Crippen molar-refractivity contribution in [2.24, 2.45) is 5.73 Å². The smallest absolute Gasteiger partial charge is 0.330 e. The number of urea groups is 1. The van der Waals surface area contributed by atoms with E-state index >= 15 is 0 Å². The molecule has 0 fully saturated rings. The number of hydrogen-bond donors (Lipinski definition) is 3. The third-order valence-corrected chi connectivity index (χ3v) is 1.38. The van der Waals surface area contributed by atoms with Crippen molar-refractivity contribution in [3.8, 4) is 0 Å². The molecular weight excluding hydrogens is 204 g/mol. The van der Waals surface area contributed by atoms with Crippen molar-refractivity contribution in [3.63, 3.8) is 0 Å². The number of nitrogens with one attached hydrogen (secondary N) is 2. The van der Waals surface area contributed by atoms with Crippen LogP contribution in [0.3, 0.4) is 0 Å². The minimum atomic E-state index is -0.871. The topological polar surface area (TPSA) is 119 Å². The van der Waals surface area contributed by atoms with E-state index in [0.29, 0.717) is 5.76 Å². The summed E-state index contributed by atoms with van der Waals surface area (Å²) in [6.45, 7) is 0.212. The van der Waals surface area contributed by atoms with Crippen molar-refractivity contribution in [1.29, 1.82) is 0 Å². The number of primary amides is 1. The highest BCUT2D eigenvalue weighted by molar-refractivity contribution is 5.93. The molecule has 4 N–H and O–H groups in total. The Morgan fingerprint density at radius 1 is 1.60 bits per heavy atom. The van der Waals surface area contributed by atoms with Crippen molar-refractivity contribution in [3.05, 3.63) is 17.5 Å². The Morgan fingerprint density at radius 3 is 2.93 bits per heavy atom. The van der Waals surface area contributed by atoms with Crippen LogP contribution < -0.4 is 16.6 Å². The summed E-state index contributed by atoms with van der Waals surface area (Å²) in [5.41, 5.74) is 8.71. The van der Waals surface area contributed by atoms with Gasteiger partial charge in [0.25, 0.3) is 5.91 Å². The number of nitrogens with zero attached hydrogens (tertiary/aromatic N) is 1. The number of carbonyl (C=O) groups excluding carboxylic acids is 2. The number of hydrogen-bond acceptors (Lipinski definition) is 5. The molecule has 0 aromatic carbocycles. The molecule has 0 aliphatic heterocycles. The van der Waals surface area contributed by atoms with E-state index in [1.54, 1.807) is 0 Å². The van der Waals surface area contributed by atoms with Gasteiger partial charge in [-0.2, -0.15) is 0 Å². The van der Waals surface area contributed by atoms with Gasteiger partial charge in [-0.15, -0.1) is 0 Å². The van der Waals surface area contributed by atoms with Crippen LogP contribution in [0.2, 0.25) is 0 Å². The Bertz CT molecular complexity index is 362. The van der Waals surface area contributed by atoms with Crippen LogP contribution in [0, 0.1) is 0 Å². The fourth-order valence-corrected chi connectivity index (χ4v) is 0.813. The third kappa shape index (κ3) is 3.27. The summed E-state index contributed by atoms with van der Waals surface area (Å²) in [4.78, 5) is 21.5. The number of carbonyl (C=O) groups is 2. The van der Waals surface area contributed by atoms with Gasteiger partial charge in [0.1, 0.15) is 6.61 Å². The van der Waals surface area contributed by atoms with Crippen molar-refractivity contribution in [2.75, 3.05) is 7.11 Å². The fourth-order valence-electron chi connectivity index (χ4n) is 0.813. The molecule has 15 heavy (non-hydrogen) atoms. The Hall–Kier alpha value is -2.09. The highest BCUT2D eigenvalue weighted by Gasteiger charge is 2.12. The summed E-state index contributed by atoms with van der Waals surface area (Å²) in [6.07, 6.45) is 0. The van der Waals surface area contributed by atoms with Crippen molar-refractivity contribution < 1.29 is 18.8 Å². The molecule has 0 saturated carbocycles. The molecule has 1 aromatic heterocycles. The van der Waals surface area contributed by atoms with E-state index in [1.807, 2.05) is 10.9 Å². The summed E-state index contributed by atoms with van der Waals surface area (Å²) in [6, 6.07) is 0.519. The van der Waals surface area contributed by atoms with E-state index in [2.05, 4.69) is 5.16 Å². The molecule has 1 aromatic rings. The maximum absolute atomic E-state index is 11.2. The van der Waals surface area contributed by atoms with Gasteiger partial charge in [0.2, 0.25) is 0 Å². The molecule has 8 nitrogen and oxygen atoms in total. The highest BCUT2D eigenvalue weighted by Crippen LogP contribution is 2.03. The fraction of sp³-hybridized carbons (Fsp3) is 0.286. The molecule has 0 aliphatic carbocycles. The molecule has 0 spiro atoms. The Morgan fingerprint density at radius 2 is 2.33 bits per heavy atom. The van der Waals surface area contributed by atoms with Gasteiger partial charge < -0.3 is 15.0 Å². The third-order valence-electron chi connectivity index (χ3n) is 1.38. The summed E-state index contributed by atoms with van der Waals surface area (Å²) in [7, 11) is 1.48. The van der Waals surface area contributed by atoms with E-state index in [4.69, 9.17) is 15.0 Å². The number of amides is 3. The van der Waals surface area contributed by atoms with Crippen molar-refractivity contribution in [2.45, 2.75) is 6.61 Å². The number of aromatic nitrogens is 1. The second kappa shape index (κ2) is 4.96. The van der Waals surface area contributed by atoms with E-state index in [0.717, 1.165) is 0 Å². The zero-order valence-electron chi connectivity index (χ0n) is 7.94. The molecule has 0 aliphatic rings. The Balaban J connectivity index is 2.54. The molecule has 8 heteroatoms. The predicted molar refractivity (Wildman–Crippen MR) is 47.4 cm³/mol. The maximum atomic E-state index is 11.2. The standard InChI is InChI=1S/C7H10N4O4/c1-14-3-4-2-5(11-15-4)6(12)9-10-7(8)13/h2H,3H2,1H3,(H,9,12)(H3,8,10,13). The minimum absolute atomic E-state index is 0.0239. The Labute approximate surface area is 84.7 Å². The first-order valence-corrected chi connectivity index (χ1v) is 3.94. The number of nitrogens with two attached hydrogens (primary N) is 1. The van der Waals surface area contributed by atoms with Gasteiger partial charge >= 0.3 is 6.03 Å². The lowest BCUT2D eigenvalue weighted by atomic mass is 10.3. The van der Waals surface area contributed by atoms with Crippen LogP contribution in [0.25, 0.3) is 0 Å². The summed E-state index contributed by atoms with van der Waals surface area (Å²) < 4.78 is 9.52. The van der Waals surface area contributed by atoms with E-state index < -0.39 is 11.9 Å². The molecule has 0 radical (unpaired) electrons. The second-order valence-corrected chi connectivity index (χ2v) is 2.55. The molecule has 0 saturated heterocycles. The van der Waals surface area contributed by atoms with E-state index in [9.17, 15) is 9.59 Å². The normalized spacial score (nSPS) is 9.67. The van der Waals surface area contributed by atoms with Crippen LogP contribution in [0.4, 0.5) is 4.79 Å². The zero-order chi connectivity index (χ0) is 11.3. The number of rotatable bonds is 3. The molecule has 3 amide bonds. The average Bonchev–Trinajstić information content (AvgIpc) is 2.63. The first-order chi connectivity index (χ1) is 7.13. The average molecular weight is 214 g/mol. The number of methoxy groups -OCH3 is 1. The van der Waals surface area contributed by atoms with Gasteiger partial charge in [-0.25, -0.2) is 10.2 Å². The number of hydrazine groups is 1.